The van der Waals surface area contributed by atoms with Crippen LogP contribution in [-0.4, -0.2) is 20.8 Å². The normalized spacial score (nSPS) is 12.9. The van der Waals surface area contributed by atoms with Crippen molar-refractivity contribution < 1.29 is 0 Å². The second kappa shape index (κ2) is 5.04. The molecule has 80 valence electrons. The van der Waals surface area contributed by atoms with Crippen LogP contribution in [0.15, 0.2) is 30.2 Å². The van der Waals surface area contributed by atoms with Gasteiger partial charge in [-0.2, -0.15) is 0 Å². The van der Waals surface area contributed by atoms with Crippen LogP contribution in [0.2, 0.25) is 0 Å². The first kappa shape index (κ1) is 10.3. The third-order valence-electron chi connectivity index (χ3n) is 2.16. The van der Waals surface area contributed by atoms with Crippen molar-refractivity contribution in [1.82, 2.24) is 20.1 Å². The van der Waals surface area contributed by atoms with Crippen molar-refractivity contribution in [3.63, 3.8) is 0 Å². The number of aromatic nitrogens is 3. The van der Waals surface area contributed by atoms with E-state index in [1.54, 1.807) is 24.0 Å². The van der Waals surface area contributed by atoms with Gasteiger partial charge >= 0.3 is 0 Å². The minimum atomic E-state index is 0.420. The Hall–Kier alpha value is -1.20. The molecule has 2 heterocycles. The first-order valence-corrected chi connectivity index (χ1v) is 5.81. The molecule has 2 aromatic heterocycles. The van der Waals surface area contributed by atoms with Gasteiger partial charge in [0.2, 0.25) is 0 Å². The maximum absolute atomic E-state index is 3.77. The highest BCUT2D eigenvalue weighted by Gasteiger charge is 2.02. The summed E-state index contributed by atoms with van der Waals surface area (Å²) in [6.45, 7) is 3.99. The molecule has 0 aliphatic carbocycles. The number of thiophene rings is 1. The maximum atomic E-state index is 3.77. The molecule has 0 aliphatic heterocycles. The third kappa shape index (κ3) is 3.14. The van der Waals surface area contributed by atoms with Crippen molar-refractivity contribution in [1.29, 1.82) is 0 Å². The molecule has 0 saturated carbocycles. The monoisotopic (exact) mass is 222 g/mol. The first-order chi connectivity index (χ1) is 7.34. The number of hydrogen-bond donors (Lipinski definition) is 1. The predicted molar refractivity (Wildman–Crippen MR) is 60.6 cm³/mol. The molecule has 0 saturated heterocycles. The van der Waals surface area contributed by atoms with E-state index in [2.05, 4.69) is 40.0 Å². The minimum absolute atomic E-state index is 0.420. The van der Waals surface area contributed by atoms with Gasteiger partial charge in [-0.1, -0.05) is 6.07 Å². The zero-order chi connectivity index (χ0) is 10.5. The van der Waals surface area contributed by atoms with E-state index in [4.69, 9.17) is 0 Å². The lowest BCUT2D eigenvalue weighted by molar-refractivity contribution is 0.477. The Morgan fingerprint density at radius 3 is 2.93 bits per heavy atom. The number of rotatable bonds is 5. The first-order valence-electron chi connectivity index (χ1n) is 4.93. The topological polar surface area (TPSA) is 42.7 Å². The average molecular weight is 222 g/mol. The summed E-state index contributed by atoms with van der Waals surface area (Å²) in [7, 11) is 0. The molecule has 4 nitrogen and oxygen atoms in total. The van der Waals surface area contributed by atoms with E-state index in [1.807, 2.05) is 4.57 Å². The molecule has 0 fully saturated rings. The Balaban J connectivity index is 1.76. The van der Waals surface area contributed by atoms with E-state index in [-0.39, 0.29) is 0 Å². The largest absolute Gasteiger partial charge is 0.319 e. The van der Waals surface area contributed by atoms with Gasteiger partial charge in [0.1, 0.15) is 12.7 Å². The van der Waals surface area contributed by atoms with Gasteiger partial charge in [0, 0.05) is 24.0 Å². The molecule has 15 heavy (non-hydrogen) atoms. The van der Waals surface area contributed by atoms with Crippen LogP contribution in [0.4, 0.5) is 0 Å². The van der Waals surface area contributed by atoms with Gasteiger partial charge in [0.15, 0.2) is 0 Å². The zero-order valence-corrected chi connectivity index (χ0v) is 9.44. The number of hydrogen-bond acceptors (Lipinski definition) is 4. The molecule has 0 radical (unpaired) electrons. The van der Waals surface area contributed by atoms with E-state index in [0.717, 1.165) is 13.1 Å². The van der Waals surface area contributed by atoms with Gasteiger partial charge in [-0.05, 0) is 18.4 Å². The van der Waals surface area contributed by atoms with Gasteiger partial charge < -0.3 is 9.88 Å². The summed E-state index contributed by atoms with van der Waals surface area (Å²) in [4.78, 5) is 1.37. The van der Waals surface area contributed by atoms with Gasteiger partial charge in [0.05, 0.1) is 0 Å². The van der Waals surface area contributed by atoms with Crippen LogP contribution in [0.5, 0.6) is 0 Å². The molecule has 0 amide bonds. The van der Waals surface area contributed by atoms with Crippen LogP contribution in [0.3, 0.4) is 0 Å². The summed E-state index contributed by atoms with van der Waals surface area (Å²) in [6.07, 6.45) is 3.48. The fraction of sp³-hybridized carbons (Fsp3) is 0.400. The quantitative estimate of drug-likeness (QED) is 0.834. The maximum Gasteiger partial charge on any atom is 0.119 e. The van der Waals surface area contributed by atoms with Gasteiger partial charge in [-0.3, -0.25) is 0 Å². The minimum Gasteiger partial charge on any atom is -0.319 e. The molecule has 0 aromatic carbocycles. The third-order valence-corrected chi connectivity index (χ3v) is 3.03. The van der Waals surface area contributed by atoms with E-state index < -0.39 is 0 Å². The summed E-state index contributed by atoms with van der Waals surface area (Å²) in [5.41, 5.74) is 0. The smallest absolute Gasteiger partial charge is 0.119 e. The van der Waals surface area contributed by atoms with Crippen LogP contribution >= 0.6 is 11.3 Å². The van der Waals surface area contributed by atoms with Gasteiger partial charge in [-0.25, -0.2) is 0 Å². The van der Waals surface area contributed by atoms with Crippen molar-refractivity contribution in [3.05, 3.63) is 35.0 Å². The molecular formula is C10H14N4S. The zero-order valence-electron chi connectivity index (χ0n) is 8.63. The molecule has 1 N–H and O–H groups in total. The van der Waals surface area contributed by atoms with Crippen LogP contribution in [0.25, 0.3) is 0 Å². The van der Waals surface area contributed by atoms with E-state index >= 15 is 0 Å². The lowest BCUT2D eigenvalue weighted by Crippen LogP contribution is -2.29. The second-order valence-electron chi connectivity index (χ2n) is 3.52. The lowest BCUT2D eigenvalue weighted by atomic mass is 10.3. The molecule has 1 unspecified atom stereocenters. The van der Waals surface area contributed by atoms with Crippen LogP contribution in [-0.2, 0) is 13.1 Å². The van der Waals surface area contributed by atoms with Crippen molar-refractivity contribution >= 4 is 11.3 Å². The average Bonchev–Trinajstić information content (AvgIpc) is 2.86. The Kier molecular flexibility index (Phi) is 3.47. The number of nitrogens with zero attached hydrogens (tertiary/aromatic N) is 3. The molecule has 2 rings (SSSR count). The fourth-order valence-electron chi connectivity index (χ4n) is 1.39. The van der Waals surface area contributed by atoms with Crippen molar-refractivity contribution in [2.45, 2.75) is 26.1 Å². The summed E-state index contributed by atoms with van der Waals surface area (Å²) >= 11 is 1.78. The van der Waals surface area contributed by atoms with Crippen LogP contribution in [0.1, 0.15) is 11.8 Å². The fourth-order valence-corrected chi connectivity index (χ4v) is 2.04. The standard InChI is InChI=1S/C10H14N4S/c1-9(6-14-7-12-13-8-14)11-5-10-3-2-4-15-10/h2-4,7-9,11H,5-6H2,1H3. The summed E-state index contributed by atoms with van der Waals surface area (Å²) in [5.74, 6) is 0. The molecule has 0 bridgehead atoms. The lowest BCUT2D eigenvalue weighted by Gasteiger charge is -2.12. The van der Waals surface area contributed by atoms with Crippen LogP contribution < -0.4 is 5.32 Å². The van der Waals surface area contributed by atoms with Crippen molar-refractivity contribution in [2.24, 2.45) is 0 Å². The molecule has 0 spiro atoms. The summed E-state index contributed by atoms with van der Waals surface area (Å²) < 4.78 is 1.98. The van der Waals surface area contributed by atoms with E-state index in [1.165, 1.54) is 4.88 Å². The van der Waals surface area contributed by atoms with Gasteiger partial charge in [0.25, 0.3) is 0 Å². The van der Waals surface area contributed by atoms with E-state index in [9.17, 15) is 0 Å². The highest BCUT2D eigenvalue weighted by atomic mass is 32.1. The summed E-state index contributed by atoms with van der Waals surface area (Å²) in [6, 6.07) is 4.64. The van der Waals surface area contributed by atoms with Crippen LogP contribution in [0, 0.1) is 0 Å². The highest BCUT2D eigenvalue weighted by Crippen LogP contribution is 2.07. The Bertz CT molecular complexity index is 368. The Morgan fingerprint density at radius 1 is 1.47 bits per heavy atom. The van der Waals surface area contributed by atoms with Crippen molar-refractivity contribution in [2.75, 3.05) is 0 Å². The van der Waals surface area contributed by atoms with Crippen molar-refractivity contribution in [3.8, 4) is 0 Å². The van der Waals surface area contributed by atoms with Gasteiger partial charge in [-0.15, -0.1) is 21.5 Å². The Labute approximate surface area is 93.0 Å². The number of nitrogens with one attached hydrogen (secondary N) is 1. The predicted octanol–water partition coefficient (Wildman–Crippen LogP) is 1.52. The highest BCUT2D eigenvalue weighted by molar-refractivity contribution is 7.09. The van der Waals surface area contributed by atoms with E-state index in [0.29, 0.717) is 6.04 Å². The molecule has 1 atom stereocenters. The second-order valence-corrected chi connectivity index (χ2v) is 4.55. The Morgan fingerprint density at radius 2 is 2.27 bits per heavy atom. The summed E-state index contributed by atoms with van der Waals surface area (Å²) in [5, 5.41) is 13.1. The molecule has 5 heteroatoms. The SMILES string of the molecule is CC(Cn1cnnc1)NCc1cccs1. The molecular weight excluding hydrogens is 208 g/mol. The molecule has 2 aromatic rings. The molecule has 0 aliphatic rings.